The Morgan fingerprint density at radius 3 is 2.79 bits per heavy atom. The Balaban J connectivity index is 1.48. The molecule has 1 atom stereocenters. The van der Waals surface area contributed by atoms with Gasteiger partial charge in [0.2, 0.25) is 0 Å². The molecule has 7 nitrogen and oxygen atoms in total. The monoisotopic (exact) mass is 422 g/mol. The molecular formula is C18H17F3N6OS. The highest BCUT2D eigenvalue weighted by Crippen LogP contribution is 2.39. The lowest BCUT2D eigenvalue weighted by Crippen LogP contribution is -2.27. The second-order valence-corrected chi connectivity index (χ2v) is 7.75. The first-order chi connectivity index (χ1) is 13.7. The van der Waals surface area contributed by atoms with E-state index in [1.165, 1.54) is 6.92 Å². The van der Waals surface area contributed by atoms with Gasteiger partial charge in [0, 0.05) is 28.9 Å². The smallest absolute Gasteiger partial charge is 0.342 e. The molecule has 1 aliphatic rings. The molecule has 1 amide bonds. The molecule has 11 heteroatoms. The number of pyridine rings is 1. The number of H-pyrrole nitrogens is 1. The fourth-order valence-corrected chi connectivity index (χ4v) is 3.61. The van der Waals surface area contributed by atoms with Gasteiger partial charge in [-0.2, -0.15) is 22.6 Å². The molecule has 0 aliphatic heterocycles. The first-order valence-electron chi connectivity index (χ1n) is 8.97. The summed E-state index contributed by atoms with van der Waals surface area (Å²) < 4.78 is 43.0. The number of carbonyl (C=O) groups is 1. The molecule has 29 heavy (non-hydrogen) atoms. The number of nitrogens with zero attached hydrogens (tertiary/aromatic N) is 4. The third kappa shape index (κ3) is 4.00. The van der Waals surface area contributed by atoms with E-state index in [2.05, 4.69) is 24.8 Å². The summed E-state index contributed by atoms with van der Waals surface area (Å²) in [6.45, 7) is 2.90. The number of nitrogens with one attached hydrogen (secondary N) is 2. The SMILES string of the molecule is Cc1c(C(=O)NC(C)c2nc(-c3ccnc(C4CC4)c3)ns2)n[nH]c1C(F)(F)F. The average molecular weight is 422 g/mol. The minimum absolute atomic E-state index is 0.246. The van der Waals surface area contributed by atoms with Crippen molar-refractivity contribution >= 4 is 17.4 Å². The van der Waals surface area contributed by atoms with Crippen LogP contribution in [-0.4, -0.2) is 30.4 Å². The Labute approximate surface area is 168 Å². The van der Waals surface area contributed by atoms with E-state index in [9.17, 15) is 18.0 Å². The Morgan fingerprint density at radius 1 is 1.38 bits per heavy atom. The van der Waals surface area contributed by atoms with Crippen LogP contribution in [0.25, 0.3) is 11.4 Å². The zero-order valence-corrected chi connectivity index (χ0v) is 16.4. The number of rotatable bonds is 5. The van der Waals surface area contributed by atoms with Gasteiger partial charge < -0.3 is 5.32 Å². The number of hydrogen-bond donors (Lipinski definition) is 2. The lowest BCUT2D eigenvalue weighted by Gasteiger charge is -2.10. The van der Waals surface area contributed by atoms with E-state index in [4.69, 9.17) is 0 Å². The van der Waals surface area contributed by atoms with Gasteiger partial charge in [-0.1, -0.05) is 0 Å². The molecule has 1 aliphatic carbocycles. The predicted molar refractivity (Wildman–Crippen MR) is 99.3 cm³/mol. The molecule has 0 saturated heterocycles. The van der Waals surface area contributed by atoms with Crippen molar-refractivity contribution in [1.29, 1.82) is 0 Å². The topological polar surface area (TPSA) is 96.5 Å². The fraction of sp³-hybridized carbons (Fsp3) is 0.389. The molecule has 1 fully saturated rings. The van der Waals surface area contributed by atoms with Crippen LogP contribution in [0.5, 0.6) is 0 Å². The summed E-state index contributed by atoms with van der Waals surface area (Å²) in [5.74, 6) is 0.328. The molecule has 3 aromatic rings. The van der Waals surface area contributed by atoms with Crippen LogP contribution < -0.4 is 5.32 Å². The number of alkyl halides is 3. The van der Waals surface area contributed by atoms with Crippen molar-refractivity contribution in [2.45, 2.75) is 44.8 Å². The Morgan fingerprint density at radius 2 is 2.14 bits per heavy atom. The highest BCUT2D eigenvalue weighted by Gasteiger charge is 2.37. The lowest BCUT2D eigenvalue weighted by atomic mass is 10.1. The van der Waals surface area contributed by atoms with Gasteiger partial charge in [-0.3, -0.25) is 14.9 Å². The summed E-state index contributed by atoms with van der Waals surface area (Å²) in [4.78, 5) is 21.2. The van der Waals surface area contributed by atoms with E-state index in [1.54, 1.807) is 13.1 Å². The van der Waals surface area contributed by atoms with Crippen molar-refractivity contribution in [3.05, 3.63) is 46.0 Å². The van der Waals surface area contributed by atoms with Crippen LogP contribution in [0.15, 0.2) is 18.3 Å². The highest BCUT2D eigenvalue weighted by atomic mass is 32.1. The zero-order chi connectivity index (χ0) is 20.8. The average Bonchev–Trinajstić information content (AvgIpc) is 3.25. The van der Waals surface area contributed by atoms with Gasteiger partial charge in [0.05, 0.1) is 6.04 Å². The number of aromatic nitrogens is 5. The molecule has 0 radical (unpaired) electrons. The first-order valence-corrected chi connectivity index (χ1v) is 9.74. The Kier molecular flexibility index (Phi) is 4.85. The van der Waals surface area contributed by atoms with Crippen molar-refractivity contribution in [3.63, 3.8) is 0 Å². The van der Waals surface area contributed by atoms with Crippen molar-refractivity contribution in [2.75, 3.05) is 0 Å². The number of amides is 1. The van der Waals surface area contributed by atoms with Crippen LogP contribution in [-0.2, 0) is 6.18 Å². The fourth-order valence-electron chi connectivity index (χ4n) is 2.94. The summed E-state index contributed by atoms with van der Waals surface area (Å²) in [7, 11) is 0. The zero-order valence-electron chi connectivity index (χ0n) is 15.5. The second-order valence-electron chi connectivity index (χ2n) is 6.97. The predicted octanol–water partition coefficient (Wildman–Crippen LogP) is 4.02. The Bertz CT molecular complexity index is 1060. The molecule has 2 N–H and O–H groups in total. The van der Waals surface area contributed by atoms with Crippen molar-refractivity contribution in [2.24, 2.45) is 0 Å². The maximum Gasteiger partial charge on any atom is 0.433 e. The molecule has 0 aromatic carbocycles. The highest BCUT2D eigenvalue weighted by molar-refractivity contribution is 7.05. The quantitative estimate of drug-likeness (QED) is 0.647. The van der Waals surface area contributed by atoms with E-state index in [0.717, 1.165) is 35.6 Å². The van der Waals surface area contributed by atoms with Crippen LogP contribution in [0.4, 0.5) is 13.2 Å². The van der Waals surface area contributed by atoms with Crippen LogP contribution in [0.3, 0.4) is 0 Å². The summed E-state index contributed by atoms with van der Waals surface area (Å²) in [5.41, 5.74) is 0.301. The minimum Gasteiger partial charge on any atom is -0.342 e. The summed E-state index contributed by atoms with van der Waals surface area (Å²) >= 11 is 1.13. The van der Waals surface area contributed by atoms with Gasteiger partial charge in [-0.15, -0.1) is 0 Å². The summed E-state index contributed by atoms with van der Waals surface area (Å²) in [5, 5.41) is 8.58. The maximum atomic E-state index is 12.9. The third-order valence-corrected chi connectivity index (χ3v) is 5.60. The van der Waals surface area contributed by atoms with E-state index in [-0.39, 0.29) is 11.3 Å². The standard InChI is InChI=1S/C18H17F3N6OS/c1-8-13(25-26-14(8)18(19,20)21)16(28)23-9(2)17-24-15(27-29-17)11-5-6-22-12(7-11)10-3-4-10/h5-7,9-10H,3-4H2,1-2H3,(H,23,28)(H,25,26). The molecule has 4 rings (SSSR count). The molecule has 0 bridgehead atoms. The Hall–Kier alpha value is -2.82. The largest absolute Gasteiger partial charge is 0.433 e. The molecule has 1 unspecified atom stereocenters. The minimum atomic E-state index is -4.60. The third-order valence-electron chi connectivity index (χ3n) is 4.70. The molecule has 3 heterocycles. The summed E-state index contributed by atoms with van der Waals surface area (Å²) in [6, 6.07) is 3.26. The number of aromatic amines is 1. The molecule has 1 saturated carbocycles. The van der Waals surface area contributed by atoms with E-state index < -0.39 is 23.8 Å². The second kappa shape index (κ2) is 7.21. The van der Waals surface area contributed by atoms with Gasteiger partial charge in [-0.05, 0) is 50.4 Å². The first kappa shape index (κ1) is 19.5. The van der Waals surface area contributed by atoms with Crippen LogP contribution in [0.1, 0.15) is 64.2 Å². The van der Waals surface area contributed by atoms with Crippen LogP contribution in [0, 0.1) is 6.92 Å². The van der Waals surface area contributed by atoms with Crippen molar-refractivity contribution < 1.29 is 18.0 Å². The van der Waals surface area contributed by atoms with Crippen molar-refractivity contribution in [3.8, 4) is 11.4 Å². The van der Waals surface area contributed by atoms with Crippen LogP contribution >= 0.6 is 11.5 Å². The molecule has 3 aromatic heterocycles. The normalized spacial score (nSPS) is 15.3. The van der Waals surface area contributed by atoms with Gasteiger partial charge in [0.25, 0.3) is 5.91 Å². The van der Waals surface area contributed by atoms with Gasteiger partial charge in [0.1, 0.15) is 10.7 Å². The van der Waals surface area contributed by atoms with Gasteiger partial charge >= 0.3 is 6.18 Å². The van der Waals surface area contributed by atoms with E-state index in [1.807, 2.05) is 17.2 Å². The lowest BCUT2D eigenvalue weighted by molar-refractivity contribution is -0.141. The maximum absolute atomic E-state index is 12.9. The number of halogens is 3. The summed E-state index contributed by atoms with van der Waals surface area (Å²) in [6.07, 6.45) is -0.595. The molecular weight excluding hydrogens is 405 g/mol. The number of hydrogen-bond acceptors (Lipinski definition) is 6. The van der Waals surface area contributed by atoms with E-state index >= 15 is 0 Å². The van der Waals surface area contributed by atoms with Crippen molar-refractivity contribution in [1.82, 2.24) is 29.9 Å². The van der Waals surface area contributed by atoms with E-state index in [0.29, 0.717) is 16.7 Å². The number of carbonyl (C=O) groups excluding carboxylic acids is 1. The van der Waals surface area contributed by atoms with Crippen LogP contribution in [0.2, 0.25) is 0 Å². The molecule has 0 spiro atoms. The van der Waals surface area contributed by atoms with Gasteiger partial charge in [-0.25, -0.2) is 4.98 Å². The van der Waals surface area contributed by atoms with Gasteiger partial charge in [0.15, 0.2) is 11.5 Å². The molecule has 152 valence electrons.